The van der Waals surface area contributed by atoms with Gasteiger partial charge >= 0.3 is 14.2 Å². The molecule has 2 fully saturated rings. The van der Waals surface area contributed by atoms with E-state index in [1.165, 1.54) is 150 Å². The molecule has 0 atom stereocenters. The van der Waals surface area contributed by atoms with Crippen LogP contribution in [0.25, 0.3) is 66.8 Å². The highest BCUT2D eigenvalue weighted by Gasteiger charge is 2.53. The molecule has 8 heteroatoms. The molecule has 2 aliphatic heterocycles. The van der Waals surface area contributed by atoms with Crippen LogP contribution in [0.4, 0.5) is 34.1 Å². The normalized spacial score (nSPS) is 14.9. The standard InChI is InChI=1S/C102H118B2N2O4/c1-19-23-25-27-31-83-67-96(94-60-58-92(66-70(94)6)106(98-73(9)63-86(64-74(98)10)82-39-35-76(30-22-4)36-40-82)90-55-47-80(48-56-90)78-43-51-88(52-44-78)104-109-101(15,16)102(17,18)110-104)84(32-28-26-24-20-2)68-95(83)93-59-57-91(65-69(93)5)105(97-71(7)61-85(62-72(97)8)81-37-33-75(29-21-3)34-38-81)89-53-45-79(46-54-89)77-41-49-87(50-42-77)103-107-99(11,12)100(13,14)108-103/h33-68H,19-32H2,1-18H3. The summed E-state index contributed by atoms with van der Waals surface area (Å²) in [5.41, 5.74) is 35.2. The molecule has 11 aromatic carbocycles. The molecular weight excluding hydrogens is 1340 g/mol. The van der Waals surface area contributed by atoms with E-state index in [0.29, 0.717) is 0 Å². The third-order valence-electron chi connectivity index (χ3n) is 24.3. The Morgan fingerprint density at radius 1 is 0.255 bits per heavy atom. The van der Waals surface area contributed by atoms with Gasteiger partial charge in [-0.15, -0.1) is 0 Å². The van der Waals surface area contributed by atoms with Crippen molar-refractivity contribution in [2.45, 2.75) is 237 Å². The Morgan fingerprint density at radius 3 is 0.827 bits per heavy atom. The van der Waals surface area contributed by atoms with Gasteiger partial charge in [0.1, 0.15) is 0 Å². The van der Waals surface area contributed by atoms with Crippen molar-refractivity contribution in [1.82, 2.24) is 0 Å². The van der Waals surface area contributed by atoms with Gasteiger partial charge in [0.05, 0.1) is 33.8 Å². The predicted octanol–water partition coefficient (Wildman–Crippen LogP) is 27.2. The van der Waals surface area contributed by atoms with E-state index in [1.54, 1.807) is 0 Å². The largest absolute Gasteiger partial charge is 0.494 e. The highest BCUT2D eigenvalue weighted by Crippen LogP contribution is 2.48. The van der Waals surface area contributed by atoms with Crippen LogP contribution in [0.15, 0.2) is 218 Å². The number of anilines is 6. The maximum Gasteiger partial charge on any atom is 0.494 e. The first kappa shape index (κ1) is 79.1. The minimum Gasteiger partial charge on any atom is -0.399 e. The Morgan fingerprint density at radius 2 is 0.536 bits per heavy atom. The third kappa shape index (κ3) is 16.9. The molecule has 0 spiro atoms. The zero-order valence-electron chi connectivity index (χ0n) is 69.4. The van der Waals surface area contributed by atoms with Gasteiger partial charge in [-0.05, 0) is 342 Å². The minimum absolute atomic E-state index is 0.406. The molecule has 0 aromatic heterocycles. The van der Waals surface area contributed by atoms with Gasteiger partial charge in [-0.3, -0.25) is 0 Å². The number of benzene rings is 11. The number of aryl methyl sites for hydroxylation is 10. The Balaban J connectivity index is 0.880. The molecule has 0 N–H and O–H groups in total. The molecule has 566 valence electrons. The maximum atomic E-state index is 6.45. The summed E-state index contributed by atoms with van der Waals surface area (Å²) in [6, 6.07) is 83.5. The summed E-state index contributed by atoms with van der Waals surface area (Å²) in [6.45, 7) is 39.9. The average molecular weight is 1460 g/mol. The zero-order valence-corrected chi connectivity index (χ0v) is 69.4. The molecule has 0 unspecified atom stereocenters. The van der Waals surface area contributed by atoms with E-state index < -0.39 is 36.6 Å². The smallest absolute Gasteiger partial charge is 0.399 e. The van der Waals surface area contributed by atoms with Gasteiger partial charge in [-0.25, -0.2) is 0 Å². The van der Waals surface area contributed by atoms with Crippen LogP contribution in [0.3, 0.4) is 0 Å². The van der Waals surface area contributed by atoms with E-state index in [0.717, 1.165) is 107 Å². The van der Waals surface area contributed by atoms with Crippen molar-refractivity contribution in [3.05, 3.63) is 274 Å². The van der Waals surface area contributed by atoms with Crippen molar-refractivity contribution in [3.63, 3.8) is 0 Å². The fourth-order valence-corrected chi connectivity index (χ4v) is 16.6. The second-order valence-electron chi connectivity index (χ2n) is 33.8. The molecule has 6 nitrogen and oxygen atoms in total. The molecule has 0 aliphatic carbocycles. The summed E-state index contributed by atoms with van der Waals surface area (Å²) in [6.07, 6.45) is 16.0. The molecule has 0 amide bonds. The third-order valence-corrected chi connectivity index (χ3v) is 24.3. The molecule has 11 aromatic rings. The monoisotopic (exact) mass is 1460 g/mol. The number of hydrogen-bond donors (Lipinski definition) is 0. The van der Waals surface area contributed by atoms with Crippen LogP contribution in [-0.4, -0.2) is 36.6 Å². The van der Waals surface area contributed by atoms with Crippen molar-refractivity contribution in [2.75, 3.05) is 9.80 Å². The lowest BCUT2D eigenvalue weighted by Crippen LogP contribution is -2.41. The zero-order chi connectivity index (χ0) is 77.8. The molecule has 0 saturated carbocycles. The van der Waals surface area contributed by atoms with Gasteiger partial charge in [0.2, 0.25) is 0 Å². The lowest BCUT2D eigenvalue weighted by Gasteiger charge is -2.32. The van der Waals surface area contributed by atoms with Crippen LogP contribution in [0.2, 0.25) is 0 Å². The Labute approximate surface area is 661 Å². The molecule has 2 heterocycles. The van der Waals surface area contributed by atoms with Crippen LogP contribution in [-0.2, 0) is 44.3 Å². The quantitative estimate of drug-likeness (QED) is 0.0360. The van der Waals surface area contributed by atoms with Crippen molar-refractivity contribution in [1.29, 1.82) is 0 Å². The molecule has 110 heavy (non-hydrogen) atoms. The lowest BCUT2D eigenvalue weighted by atomic mass is 9.78. The first-order chi connectivity index (χ1) is 52.8. The summed E-state index contributed by atoms with van der Waals surface area (Å²) in [5.74, 6) is 0. The van der Waals surface area contributed by atoms with E-state index in [1.807, 2.05) is 0 Å². The van der Waals surface area contributed by atoms with Gasteiger partial charge in [0, 0.05) is 22.7 Å². The van der Waals surface area contributed by atoms with Gasteiger partial charge in [-0.2, -0.15) is 0 Å². The maximum absolute atomic E-state index is 6.45. The summed E-state index contributed by atoms with van der Waals surface area (Å²) in [5, 5.41) is 0. The highest BCUT2D eigenvalue weighted by atomic mass is 16.7. The Hall–Kier alpha value is -9.01. The van der Waals surface area contributed by atoms with E-state index in [-0.39, 0.29) is 0 Å². The molecule has 2 saturated heterocycles. The molecule has 13 rings (SSSR count). The highest BCUT2D eigenvalue weighted by molar-refractivity contribution is 6.62. The van der Waals surface area contributed by atoms with Gasteiger partial charge in [0.25, 0.3) is 0 Å². The van der Waals surface area contributed by atoms with Crippen molar-refractivity contribution in [2.24, 2.45) is 0 Å². The molecular formula is C102H118B2N2O4. The van der Waals surface area contributed by atoms with Crippen LogP contribution in [0.1, 0.15) is 203 Å². The fourth-order valence-electron chi connectivity index (χ4n) is 16.6. The number of nitrogens with zero attached hydrogens (tertiary/aromatic N) is 2. The number of hydrogen-bond acceptors (Lipinski definition) is 6. The Bertz CT molecular complexity index is 4620. The average Bonchev–Trinajstić information content (AvgIpc) is 1.04. The molecule has 0 bridgehead atoms. The van der Waals surface area contributed by atoms with Crippen molar-refractivity contribution < 1.29 is 18.6 Å². The number of unbranched alkanes of at least 4 members (excludes halogenated alkanes) is 6. The molecule has 2 aliphatic rings. The van der Waals surface area contributed by atoms with E-state index in [4.69, 9.17) is 18.6 Å². The van der Waals surface area contributed by atoms with Crippen LogP contribution >= 0.6 is 0 Å². The number of rotatable bonds is 28. The van der Waals surface area contributed by atoms with E-state index >= 15 is 0 Å². The first-order valence-electron chi connectivity index (χ1n) is 41.3. The van der Waals surface area contributed by atoms with Crippen molar-refractivity contribution >= 4 is 59.3 Å². The van der Waals surface area contributed by atoms with Crippen LogP contribution in [0, 0.1) is 41.5 Å². The Kier molecular flexibility index (Phi) is 24.1. The predicted molar refractivity (Wildman–Crippen MR) is 472 cm³/mol. The van der Waals surface area contributed by atoms with E-state index in [2.05, 4.69) is 353 Å². The second-order valence-corrected chi connectivity index (χ2v) is 33.8. The second kappa shape index (κ2) is 33.5. The summed E-state index contributed by atoms with van der Waals surface area (Å²) in [4.78, 5) is 5.01. The van der Waals surface area contributed by atoms with Gasteiger partial charge in [-0.1, -0.05) is 225 Å². The van der Waals surface area contributed by atoms with Crippen LogP contribution < -0.4 is 20.7 Å². The fraction of sp³-hybridized carbons (Fsp3) is 0.353. The SMILES string of the molecule is CCCCCCc1cc(-c2ccc(N(c3ccc(-c4ccc(B5OC(C)(C)C(C)(C)O5)cc4)cc3)c3c(C)cc(-c4ccc(CCC)cc4)cc3C)cc2C)c(CCCCCC)cc1-c1ccc(N(c2ccc(-c3ccc(B4OC(C)(C)C(C)(C)O4)cc3)cc2)c2c(C)cc(-c3ccc(CCC)cc3)cc2C)cc1C. The lowest BCUT2D eigenvalue weighted by molar-refractivity contribution is 0.00578. The summed E-state index contributed by atoms with van der Waals surface area (Å²) >= 11 is 0. The van der Waals surface area contributed by atoms with Gasteiger partial charge in [0.15, 0.2) is 0 Å². The van der Waals surface area contributed by atoms with E-state index in [9.17, 15) is 0 Å². The first-order valence-corrected chi connectivity index (χ1v) is 41.3. The summed E-state index contributed by atoms with van der Waals surface area (Å²) in [7, 11) is -0.819. The summed E-state index contributed by atoms with van der Waals surface area (Å²) < 4.78 is 25.8. The van der Waals surface area contributed by atoms with Crippen molar-refractivity contribution in [3.8, 4) is 66.8 Å². The topological polar surface area (TPSA) is 43.4 Å². The van der Waals surface area contributed by atoms with Gasteiger partial charge < -0.3 is 28.4 Å². The minimum atomic E-state index is -0.410. The molecule has 0 radical (unpaired) electrons. The van der Waals surface area contributed by atoms with Crippen LogP contribution in [0.5, 0.6) is 0 Å².